The van der Waals surface area contributed by atoms with Crippen molar-refractivity contribution in [3.63, 3.8) is 0 Å². The van der Waals surface area contributed by atoms with Crippen molar-refractivity contribution in [3.05, 3.63) is 54.1 Å². The molecule has 2 amide bonds. The molecule has 0 aliphatic carbocycles. The van der Waals surface area contributed by atoms with E-state index >= 15 is 0 Å². The van der Waals surface area contributed by atoms with E-state index < -0.39 is 34.0 Å². The first kappa shape index (κ1) is 26.1. The number of nitrogen functional groups attached to an aromatic ring is 1. The van der Waals surface area contributed by atoms with Gasteiger partial charge in [-0.25, -0.2) is 8.42 Å². The number of nitrogens with one attached hydrogen (secondary N) is 3. The van der Waals surface area contributed by atoms with Gasteiger partial charge in [-0.05, 0) is 42.5 Å². The molecule has 1 aliphatic rings. The fraction of sp³-hybridized carbons (Fsp3) is 0.250. The minimum atomic E-state index is -3.50. The Morgan fingerprint density at radius 3 is 2.52 bits per heavy atom. The Hall–Kier alpha value is -3.19. The molecule has 0 spiro atoms. The van der Waals surface area contributed by atoms with Gasteiger partial charge in [0.25, 0.3) is 11.8 Å². The summed E-state index contributed by atoms with van der Waals surface area (Å²) in [6.45, 7) is 0.232. The van der Waals surface area contributed by atoms with Crippen LogP contribution < -0.4 is 20.7 Å². The molecule has 2 aromatic carbocycles. The maximum absolute atomic E-state index is 12.9. The number of amides is 2. The maximum Gasteiger partial charge on any atom is 0.259 e. The average molecular weight is 498 g/mol. The molecule has 1 fully saturated rings. The molecule has 6 N–H and O–H groups in total. The van der Waals surface area contributed by atoms with Crippen LogP contribution in [0.2, 0.25) is 0 Å². The van der Waals surface area contributed by atoms with Gasteiger partial charge in [-0.2, -0.15) is 0 Å². The first-order valence-electron chi connectivity index (χ1n) is 9.49. The van der Waals surface area contributed by atoms with Crippen molar-refractivity contribution in [2.75, 3.05) is 34.3 Å². The van der Waals surface area contributed by atoms with E-state index in [0.29, 0.717) is 16.9 Å². The fourth-order valence-corrected chi connectivity index (χ4v) is 3.68. The molecular weight excluding hydrogens is 474 g/mol. The van der Waals surface area contributed by atoms with Crippen LogP contribution in [0.25, 0.3) is 0 Å². The summed E-state index contributed by atoms with van der Waals surface area (Å²) in [4.78, 5) is 26.7. The molecule has 1 unspecified atom stereocenters. The number of aliphatic hydroxyl groups is 1. The molecule has 0 radical (unpaired) electrons. The van der Waals surface area contributed by atoms with Crippen LogP contribution >= 0.6 is 12.4 Å². The number of carbonyl (C=O) groups is 2. The highest BCUT2D eigenvalue weighted by atomic mass is 35.5. The number of sulfonamides is 1. The summed E-state index contributed by atoms with van der Waals surface area (Å²) in [6.07, 6.45) is -2.21. The Morgan fingerprint density at radius 2 is 1.91 bits per heavy atom. The van der Waals surface area contributed by atoms with Crippen LogP contribution in [-0.4, -0.2) is 62.8 Å². The van der Waals surface area contributed by atoms with Crippen LogP contribution in [0, 0.1) is 5.41 Å². The number of hydrogen-bond acceptors (Lipinski definition) is 7. The zero-order chi connectivity index (χ0) is 23.5. The number of anilines is 3. The van der Waals surface area contributed by atoms with Gasteiger partial charge in [0.05, 0.1) is 18.6 Å². The van der Waals surface area contributed by atoms with Gasteiger partial charge < -0.3 is 25.8 Å². The van der Waals surface area contributed by atoms with E-state index in [1.54, 1.807) is 12.1 Å². The number of aliphatic hydroxyl groups excluding tert-OH is 1. The van der Waals surface area contributed by atoms with Crippen molar-refractivity contribution in [3.8, 4) is 0 Å². The Kier molecular flexibility index (Phi) is 8.39. The smallest absolute Gasteiger partial charge is 0.259 e. The molecule has 11 nitrogen and oxygen atoms in total. The van der Waals surface area contributed by atoms with Crippen molar-refractivity contribution in [1.29, 1.82) is 5.41 Å². The normalized spacial score (nSPS) is 17.0. The summed E-state index contributed by atoms with van der Waals surface area (Å²) in [7, 11) is -3.50. The number of carbonyl (C=O) groups excluding carboxylic acids is 2. The summed E-state index contributed by atoms with van der Waals surface area (Å²) in [5.74, 6) is -1.60. The van der Waals surface area contributed by atoms with Crippen molar-refractivity contribution in [2.24, 2.45) is 5.73 Å². The Bertz CT molecular complexity index is 1140. The van der Waals surface area contributed by atoms with Crippen molar-refractivity contribution in [2.45, 2.75) is 12.2 Å². The van der Waals surface area contributed by atoms with E-state index in [1.807, 2.05) is 0 Å². The zero-order valence-electron chi connectivity index (χ0n) is 17.5. The third-order valence-corrected chi connectivity index (χ3v) is 5.21. The number of morpholine rings is 1. The van der Waals surface area contributed by atoms with Crippen LogP contribution in [0.4, 0.5) is 17.1 Å². The number of amidine groups is 1. The number of rotatable bonds is 7. The molecule has 13 heteroatoms. The van der Waals surface area contributed by atoms with E-state index in [2.05, 4.69) is 10.0 Å². The molecule has 1 aliphatic heterocycles. The van der Waals surface area contributed by atoms with Gasteiger partial charge in [0, 0.05) is 23.5 Å². The van der Waals surface area contributed by atoms with Gasteiger partial charge in [0.1, 0.15) is 5.84 Å². The summed E-state index contributed by atoms with van der Waals surface area (Å²) >= 11 is 0. The van der Waals surface area contributed by atoms with Gasteiger partial charge in [-0.3, -0.25) is 19.7 Å². The van der Waals surface area contributed by atoms with E-state index in [4.69, 9.17) is 15.9 Å². The molecule has 0 aromatic heterocycles. The second-order valence-corrected chi connectivity index (χ2v) is 8.88. The number of nitrogens with zero attached hydrogens (tertiary/aromatic N) is 1. The maximum atomic E-state index is 12.9. The Morgan fingerprint density at radius 1 is 1.24 bits per heavy atom. The molecule has 178 valence electrons. The van der Waals surface area contributed by atoms with Gasteiger partial charge in [0.2, 0.25) is 10.0 Å². The molecule has 0 saturated carbocycles. The number of benzene rings is 2. The van der Waals surface area contributed by atoms with Crippen LogP contribution in [0.3, 0.4) is 0 Å². The number of halogens is 1. The SMILES string of the molecule is CS(=O)(=O)Nc1cccc(N2CCO[C@H](C(O)C(=O)Nc3ccc(C(=N)N)cc3)C2=O)c1.Cl. The first-order valence-corrected chi connectivity index (χ1v) is 11.4. The predicted octanol–water partition coefficient (Wildman–Crippen LogP) is 0.495. The van der Waals surface area contributed by atoms with Gasteiger partial charge >= 0.3 is 0 Å². The van der Waals surface area contributed by atoms with Crippen LogP contribution in [0.15, 0.2) is 48.5 Å². The molecular formula is C20H24ClN5O6S. The first-order chi connectivity index (χ1) is 15.0. The Balaban J connectivity index is 0.00000385. The molecule has 2 atom stereocenters. The lowest BCUT2D eigenvalue weighted by Gasteiger charge is -2.34. The molecule has 2 aromatic rings. The molecule has 33 heavy (non-hydrogen) atoms. The summed E-state index contributed by atoms with van der Waals surface area (Å²) in [6, 6.07) is 12.3. The summed E-state index contributed by atoms with van der Waals surface area (Å²) in [5.41, 5.74) is 6.87. The van der Waals surface area contributed by atoms with E-state index in [1.165, 1.54) is 41.3 Å². The number of hydrogen-bond donors (Lipinski definition) is 5. The fourth-order valence-electron chi connectivity index (χ4n) is 3.13. The monoisotopic (exact) mass is 497 g/mol. The lowest BCUT2D eigenvalue weighted by atomic mass is 10.1. The highest BCUT2D eigenvalue weighted by Gasteiger charge is 2.39. The standard InChI is InChI=1S/C20H23N5O6S.ClH/c1-32(29,30)24-14-3-2-4-15(11-14)25-9-10-31-17(20(25)28)16(26)19(27)23-13-7-5-12(6-8-13)18(21)22;/h2-8,11,16-17,24,26H,9-10H2,1H3,(H3,21,22)(H,23,27);1H/t16?,17-;/m1./s1. The van der Waals surface area contributed by atoms with Gasteiger partial charge in [-0.15, -0.1) is 12.4 Å². The second kappa shape index (κ2) is 10.6. The Labute approximate surface area is 196 Å². The number of ether oxygens (including phenoxy) is 1. The largest absolute Gasteiger partial charge is 0.384 e. The summed E-state index contributed by atoms with van der Waals surface area (Å²) < 4.78 is 30.6. The minimum Gasteiger partial charge on any atom is -0.384 e. The lowest BCUT2D eigenvalue weighted by Crippen LogP contribution is -2.55. The third-order valence-electron chi connectivity index (χ3n) is 4.60. The van der Waals surface area contributed by atoms with Gasteiger partial charge in [-0.1, -0.05) is 6.07 Å². The molecule has 1 heterocycles. The topological polar surface area (TPSA) is 175 Å². The van der Waals surface area contributed by atoms with E-state index in [0.717, 1.165) is 6.26 Å². The van der Waals surface area contributed by atoms with Crippen LogP contribution in [-0.2, 0) is 24.3 Å². The number of nitrogens with two attached hydrogens (primary N) is 1. The zero-order valence-corrected chi connectivity index (χ0v) is 19.2. The molecule has 3 rings (SSSR count). The lowest BCUT2D eigenvalue weighted by molar-refractivity contribution is -0.150. The van der Waals surface area contributed by atoms with E-state index in [9.17, 15) is 23.1 Å². The summed E-state index contributed by atoms with van der Waals surface area (Å²) in [5, 5.41) is 20.3. The highest BCUT2D eigenvalue weighted by molar-refractivity contribution is 7.92. The molecule has 0 bridgehead atoms. The highest BCUT2D eigenvalue weighted by Crippen LogP contribution is 2.24. The minimum absolute atomic E-state index is 0. The average Bonchev–Trinajstić information content (AvgIpc) is 2.72. The van der Waals surface area contributed by atoms with Crippen LogP contribution in [0.5, 0.6) is 0 Å². The van der Waals surface area contributed by atoms with Crippen molar-refractivity contribution in [1.82, 2.24) is 0 Å². The second-order valence-electron chi connectivity index (χ2n) is 7.13. The predicted molar refractivity (Wildman–Crippen MR) is 126 cm³/mol. The third kappa shape index (κ3) is 6.65. The molecule has 1 saturated heterocycles. The van der Waals surface area contributed by atoms with E-state index in [-0.39, 0.29) is 37.1 Å². The van der Waals surface area contributed by atoms with Crippen molar-refractivity contribution >= 4 is 57.1 Å². The van der Waals surface area contributed by atoms with Crippen LogP contribution in [0.1, 0.15) is 5.56 Å². The van der Waals surface area contributed by atoms with Crippen molar-refractivity contribution < 1.29 is 27.9 Å². The van der Waals surface area contributed by atoms with Gasteiger partial charge in [0.15, 0.2) is 12.2 Å². The quantitative estimate of drug-likeness (QED) is 0.273.